The zero-order valence-corrected chi connectivity index (χ0v) is 9.85. The van der Waals surface area contributed by atoms with Gasteiger partial charge in [-0.15, -0.1) is 0 Å². The number of nitrogens with two attached hydrogens (primary N) is 1. The van der Waals surface area contributed by atoms with Gasteiger partial charge in [0.1, 0.15) is 5.75 Å². The number of benzene rings is 1. The molecule has 0 aromatic heterocycles. The van der Waals surface area contributed by atoms with E-state index >= 15 is 0 Å². The molecule has 0 spiro atoms. The predicted molar refractivity (Wildman–Crippen MR) is 63.6 cm³/mol. The van der Waals surface area contributed by atoms with Gasteiger partial charge in [-0.05, 0) is 43.4 Å². The quantitative estimate of drug-likeness (QED) is 0.829. The van der Waals surface area contributed by atoms with Crippen molar-refractivity contribution in [1.82, 2.24) is 0 Å². The molecular formula is C13H17NO3. The molecule has 0 fully saturated rings. The van der Waals surface area contributed by atoms with Crippen molar-refractivity contribution >= 4 is 5.91 Å². The zero-order valence-electron chi connectivity index (χ0n) is 9.85. The van der Waals surface area contributed by atoms with Crippen LogP contribution in [0.3, 0.4) is 0 Å². The minimum Gasteiger partial charge on any atom is -0.481 e. The van der Waals surface area contributed by atoms with Crippen LogP contribution in [0.2, 0.25) is 0 Å². The van der Waals surface area contributed by atoms with Gasteiger partial charge in [-0.25, -0.2) is 0 Å². The lowest BCUT2D eigenvalue weighted by Crippen LogP contribution is -2.31. The summed E-state index contributed by atoms with van der Waals surface area (Å²) in [5.74, 6) is 0.173. The topological polar surface area (TPSA) is 72.6 Å². The first-order valence-electron chi connectivity index (χ1n) is 5.85. The van der Waals surface area contributed by atoms with Gasteiger partial charge in [-0.1, -0.05) is 12.1 Å². The van der Waals surface area contributed by atoms with E-state index < -0.39 is 18.1 Å². The Kier molecular flexibility index (Phi) is 3.33. The first kappa shape index (κ1) is 11.9. The third-order valence-electron chi connectivity index (χ3n) is 3.14. The zero-order chi connectivity index (χ0) is 12.4. The summed E-state index contributed by atoms with van der Waals surface area (Å²) >= 11 is 0. The maximum atomic E-state index is 11.0. The molecule has 1 amide bonds. The summed E-state index contributed by atoms with van der Waals surface area (Å²) in [6.45, 7) is 1.63. The number of carbonyl (C=O) groups is 1. The van der Waals surface area contributed by atoms with Crippen molar-refractivity contribution in [3.8, 4) is 5.75 Å². The molecule has 92 valence electrons. The molecule has 0 saturated carbocycles. The summed E-state index contributed by atoms with van der Waals surface area (Å²) in [5, 5.41) is 9.88. The third kappa shape index (κ3) is 2.42. The van der Waals surface area contributed by atoms with E-state index in [1.165, 1.54) is 0 Å². The lowest BCUT2D eigenvalue weighted by Gasteiger charge is -2.24. The average Bonchev–Trinajstić information content (AvgIpc) is 2.30. The monoisotopic (exact) mass is 235 g/mol. The van der Waals surface area contributed by atoms with Gasteiger partial charge in [-0.3, -0.25) is 4.79 Å². The maximum Gasteiger partial charge on any atom is 0.258 e. The van der Waals surface area contributed by atoms with Crippen molar-refractivity contribution in [3.05, 3.63) is 29.3 Å². The summed E-state index contributed by atoms with van der Waals surface area (Å²) in [4.78, 5) is 11.0. The van der Waals surface area contributed by atoms with Crippen LogP contribution >= 0.6 is 0 Å². The highest BCUT2D eigenvalue weighted by Gasteiger charge is 2.22. The molecule has 4 nitrogen and oxygen atoms in total. The maximum absolute atomic E-state index is 11.0. The smallest absolute Gasteiger partial charge is 0.258 e. The normalized spacial score (nSPS) is 20.5. The lowest BCUT2D eigenvalue weighted by atomic mass is 9.89. The Balaban J connectivity index is 2.29. The summed E-state index contributed by atoms with van der Waals surface area (Å²) < 4.78 is 5.54. The minimum absolute atomic E-state index is 0.425. The van der Waals surface area contributed by atoms with Crippen LogP contribution in [0.25, 0.3) is 0 Å². The predicted octanol–water partition coefficient (Wildman–Crippen LogP) is 1.31. The lowest BCUT2D eigenvalue weighted by molar-refractivity contribution is -0.124. The second kappa shape index (κ2) is 4.75. The Bertz CT molecular complexity index is 431. The highest BCUT2D eigenvalue weighted by atomic mass is 16.5. The SMILES string of the molecule is C[C@H](Oc1cccc2c1CCC[C@@H]2O)C(N)=O. The molecule has 0 radical (unpaired) electrons. The van der Waals surface area contributed by atoms with E-state index in [-0.39, 0.29) is 0 Å². The molecule has 2 atom stereocenters. The second-order valence-electron chi connectivity index (χ2n) is 4.39. The fourth-order valence-electron chi connectivity index (χ4n) is 2.15. The van der Waals surface area contributed by atoms with Crippen LogP contribution in [0.1, 0.15) is 37.0 Å². The van der Waals surface area contributed by atoms with Crippen molar-refractivity contribution in [3.63, 3.8) is 0 Å². The van der Waals surface area contributed by atoms with E-state index in [1.807, 2.05) is 18.2 Å². The molecule has 1 aromatic carbocycles. The fourth-order valence-corrected chi connectivity index (χ4v) is 2.15. The summed E-state index contributed by atoms with van der Waals surface area (Å²) in [5.41, 5.74) is 7.08. The molecule has 0 heterocycles. The van der Waals surface area contributed by atoms with Crippen LogP contribution in [0.5, 0.6) is 5.75 Å². The molecular weight excluding hydrogens is 218 g/mol. The van der Waals surface area contributed by atoms with Crippen molar-refractivity contribution in [2.24, 2.45) is 5.73 Å². The Morgan fingerprint density at radius 2 is 2.35 bits per heavy atom. The van der Waals surface area contributed by atoms with Crippen LogP contribution < -0.4 is 10.5 Å². The molecule has 0 saturated heterocycles. The van der Waals surface area contributed by atoms with Gasteiger partial charge in [0.15, 0.2) is 6.10 Å². The van der Waals surface area contributed by atoms with Gasteiger partial charge < -0.3 is 15.6 Å². The van der Waals surface area contributed by atoms with Crippen LogP contribution in [0, 0.1) is 0 Å². The molecule has 1 aliphatic rings. The molecule has 1 aromatic rings. The molecule has 0 bridgehead atoms. The van der Waals surface area contributed by atoms with Gasteiger partial charge in [-0.2, -0.15) is 0 Å². The molecule has 2 rings (SSSR count). The third-order valence-corrected chi connectivity index (χ3v) is 3.14. The Morgan fingerprint density at radius 3 is 3.06 bits per heavy atom. The van der Waals surface area contributed by atoms with Crippen LogP contribution in [-0.4, -0.2) is 17.1 Å². The van der Waals surface area contributed by atoms with Gasteiger partial charge in [0.2, 0.25) is 0 Å². The Morgan fingerprint density at radius 1 is 1.59 bits per heavy atom. The van der Waals surface area contributed by atoms with E-state index in [2.05, 4.69) is 0 Å². The summed E-state index contributed by atoms with van der Waals surface area (Å²) in [6.07, 6.45) is 1.50. The highest BCUT2D eigenvalue weighted by molar-refractivity contribution is 5.78. The molecule has 0 unspecified atom stereocenters. The van der Waals surface area contributed by atoms with Crippen LogP contribution in [-0.2, 0) is 11.2 Å². The molecule has 0 aliphatic heterocycles. The number of aliphatic hydroxyl groups is 1. The van der Waals surface area contributed by atoms with Gasteiger partial charge in [0.05, 0.1) is 6.10 Å². The largest absolute Gasteiger partial charge is 0.481 e. The molecule has 4 heteroatoms. The highest BCUT2D eigenvalue weighted by Crippen LogP contribution is 2.35. The average molecular weight is 235 g/mol. The number of primary amides is 1. The number of rotatable bonds is 3. The summed E-state index contributed by atoms with van der Waals surface area (Å²) in [6, 6.07) is 5.55. The van der Waals surface area contributed by atoms with E-state index in [0.717, 1.165) is 30.4 Å². The van der Waals surface area contributed by atoms with Crippen molar-refractivity contribution in [2.45, 2.75) is 38.4 Å². The summed E-state index contributed by atoms with van der Waals surface area (Å²) in [7, 11) is 0. The standard InChI is InChI=1S/C13H17NO3/c1-8(13(14)16)17-12-7-3-4-9-10(12)5-2-6-11(9)15/h3-4,7-8,11,15H,2,5-6H2,1H3,(H2,14,16)/t8-,11-/m0/s1. The van der Waals surface area contributed by atoms with Crippen molar-refractivity contribution < 1.29 is 14.6 Å². The van der Waals surface area contributed by atoms with E-state index in [1.54, 1.807) is 6.92 Å². The first-order chi connectivity index (χ1) is 8.09. The number of amides is 1. The van der Waals surface area contributed by atoms with E-state index in [9.17, 15) is 9.90 Å². The molecule has 17 heavy (non-hydrogen) atoms. The van der Waals surface area contributed by atoms with Crippen molar-refractivity contribution in [2.75, 3.05) is 0 Å². The number of hydrogen-bond donors (Lipinski definition) is 2. The van der Waals surface area contributed by atoms with Gasteiger partial charge in [0.25, 0.3) is 5.91 Å². The first-order valence-corrected chi connectivity index (χ1v) is 5.85. The number of fused-ring (bicyclic) bond motifs is 1. The number of ether oxygens (including phenoxy) is 1. The van der Waals surface area contributed by atoms with Gasteiger partial charge >= 0.3 is 0 Å². The van der Waals surface area contributed by atoms with Crippen LogP contribution in [0.15, 0.2) is 18.2 Å². The minimum atomic E-state index is -0.652. The van der Waals surface area contributed by atoms with Crippen LogP contribution in [0.4, 0.5) is 0 Å². The second-order valence-corrected chi connectivity index (χ2v) is 4.39. The van der Waals surface area contributed by atoms with E-state index in [0.29, 0.717) is 5.75 Å². The Labute approximate surface area is 100 Å². The van der Waals surface area contributed by atoms with Crippen molar-refractivity contribution in [1.29, 1.82) is 0 Å². The Hall–Kier alpha value is -1.55. The van der Waals surface area contributed by atoms with E-state index in [4.69, 9.17) is 10.5 Å². The van der Waals surface area contributed by atoms with Gasteiger partial charge in [0, 0.05) is 0 Å². The number of carbonyl (C=O) groups excluding carboxylic acids is 1. The number of hydrogen-bond acceptors (Lipinski definition) is 3. The number of aliphatic hydroxyl groups excluding tert-OH is 1. The fraction of sp³-hybridized carbons (Fsp3) is 0.462. The molecule has 1 aliphatic carbocycles. The molecule has 3 N–H and O–H groups in total.